The number of benzene rings is 1. The lowest BCUT2D eigenvalue weighted by atomic mass is 9.91. The number of aromatic nitrogens is 4. The highest BCUT2D eigenvalue weighted by molar-refractivity contribution is 5.82. The summed E-state index contributed by atoms with van der Waals surface area (Å²) in [7, 11) is 0. The fraction of sp³-hybridized carbons (Fsp3) is 0.400. The van der Waals surface area contributed by atoms with E-state index in [1.165, 1.54) is 12.1 Å². The molecular formula is C25H28FN7O4. The first-order valence-electron chi connectivity index (χ1n) is 11.9. The number of aliphatic hydroxyl groups excluding tert-OH is 1. The predicted octanol–water partition coefficient (Wildman–Crippen LogP) is 2.55. The molecule has 194 valence electrons. The Morgan fingerprint density at radius 3 is 2.70 bits per heavy atom. The Morgan fingerprint density at radius 1 is 1.24 bits per heavy atom. The molecule has 0 unspecified atom stereocenters. The van der Waals surface area contributed by atoms with E-state index in [4.69, 9.17) is 19.8 Å². The summed E-state index contributed by atoms with van der Waals surface area (Å²) < 4.78 is 25.4. The fourth-order valence-electron chi connectivity index (χ4n) is 3.71. The Morgan fingerprint density at radius 2 is 2.00 bits per heavy atom. The van der Waals surface area contributed by atoms with Gasteiger partial charge in [0, 0.05) is 31.5 Å². The number of anilines is 1. The zero-order valence-corrected chi connectivity index (χ0v) is 20.3. The molecule has 0 spiro atoms. The van der Waals surface area contributed by atoms with Gasteiger partial charge in [0.15, 0.2) is 5.82 Å². The first-order valence-corrected chi connectivity index (χ1v) is 11.9. The van der Waals surface area contributed by atoms with E-state index in [2.05, 4.69) is 36.6 Å². The molecule has 1 aromatic carbocycles. The number of aliphatic hydroxyl groups is 1. The minimum absolute atomic E-state index is 0.00690. The van der Waals surface area contributed by atoms with Crippen LogP contribution in [0.3, 0.4) is 0 Å². The largest absolute Gasteiger partial charge is 0.396 e. The molecule has 11 nitrogen and oxygen atoms in total. The first-order chi connectivity index (χ1) is 17.9. The van der Waals surface area contributed by atoms with Crippen molar-refractivity contribution < 1.29 is 23.8 Å². The average molecular weight is 510 g/mol. The number of nitrogens with zero attached hydrogens (tertiary/aromatic N) is 4. The number of hydrogen-bond donors (Lipinski definition) is 4. The SMILES string of the molecule is CC1(C(=O)NCCCO)COC(c2nc(-c3ccc(F)cc3)c(-c3ccnc(NCCC#N)n3)[nH]2)OC1. The summed E-state index contributed by atoms with van der Waals surface area (Å²) in [6.07, 6.45) is 1.49. The van der Waals surface area contributed by atoms with Crippen molar-refractivity contribution in [3.05, 3.63) is 48.2 Å². The maximum absolute atomic E-state index is 13.6. The molecule has 1 fully saturated rings. The van der Waals surface area contributed by atoms with Gasteiger partial charge in [0.25, 0.3) is 0 Å². The van der Waals surface area contributed by atoms with Crippen LogP contribution in [-0.2, 0) is 14.3 Å². The quantitative estimate of drug-likeness (QED) is 0.301. The van der Waals surface area contributed by atoms with Crippen LogP contribution >= 0.6 is 0 Å². The van der Waals surface area contributed by atoms with E-state index in [1.54, 1.807) is 31.3 Å². The third kappa shape index (κ3) is 6.26. The molecule has 3 heterocycles. The molecule has 0 saturated carbocycles. The molecule has 1 aliphatic rings. The Bertz CT molecular complexity index is 1250. The first kappa shape index (κ1) is 26.2. The van der Waals surface area contributed by atoms with Crippen LogP contribution in [0.1, 0.15) is 31.9 Å². The molecule has 0 atom stereocenters. The molecule has 1 saturated heterocycles. The fourth-order valence-corrected chi connectivity index (χ4v) is 3.71. The molecule has 2 aromatic heterocycles. The second kappa shape index (κ2) is 11.9. The molecule has 0 bridgehead atoms. The van der Waals surface area contributed by atoms with E-state index in [-0.39, 0.29) is 31.5 Å². The van der Waals surface area contributed by atoms with Gasteiger partial charge in [-0.3, -0.25) is 4.79 Å². The summed E-state index contributed by atoms with van der Waals surface area (Å²) in [5, 5.41) is 23.5. The zero-order chi connectivity index (χ0) is 26.3. The number of amides is 1. The van der Waals surface area contributed by atoms with Crippen LogP contribution in [0, 0.1) is 22.6 Å². The van der Waals surface area contributed by atoms with E-state index in [0.717, 1.165) is 0 Å². The molecule has 37 heavy (non-hydrogen) atoms. The minimum Gasteiger partial charge on any atom is -0.396 e. The van der Waals surface area contributed by atoms with Gasteiger partial charge < -0.3 is 30.2 Å². The Kier molecular flexibility index (Phi) is 8.39. The summed E-state index contributed by atoms with van der Waals surface area (Å²) in [5.74, 6) is 0.128. The Labute approximate surface area is 213 Å². The van der Waals surface area contributed by atoms with Gasteiger partial charge in [-0.2, -0.15) is 5.26 Å². The van der Waals surface area contributed by atoms with Gasteiger partial charge in [0.05, 0.1) is 48.2 Å². The van der Waals surface area contributed by atoms with Crippen LogP contribution < -0.4 is 10.6 Å². The van der Waals surface area contributed by atoms with E-state index in [9.17, 15) is 9.18 Å². The van der Waals surface area contributed by atoms with Crippen LogP contribution in [0.2, 0.25) is 0 Å². The van der Waals surface area contributed by atoms with Gasteiger partial charge in [-0.25, -0.2) is 19.3 Å². The van der Waals surface area contributed by atoms with Crippen molar-refractivity contribution in [2.75, 3.05) is 38.2 Å². The van der Waals surface area contributed by atoms with Crippen molar-refractivity contribution in [1.29, 1.82) is 5.26 Å². The molecule has 0 radical (unpaired) electrons. The number of carbonyl (C=O) groups is 1. The number of imidazole rings is 1. The highest BCUT2D eigenvalue weighted by Crippen LogP contribution is 2.35. The lowest BCUT2D eigenvalue weighted by Gasteiger charge is -2.35. The molecule has 1 aliphatic heterocycles. The van der Waals surface area contributed by atoms with Crippen LogP contribution in [0.25, 0.3) is 22.6 Å². The van der Waals surface area contributed by atoms with Crippen LogP contribution in [0.15, 0.2) is 36.5 Å². The molecule has 1 amide bonds. The van der Waals surface area contributed by atoms with Crippen LogP contribution in [-0.4, -0.2) is 63.9 Å². The van der Waals surface area contributed by atoms with Crippen LogP contribution in [0.4, 0.5) is 10.3 Å². The van der Waals surface area contributed by atoms with Crippen molar-refractivity contribution in [2.24, 2.45) is 5.41 Å². The summed E-state index contributed by atoms with van der Waals surface area (Å²) in [5.41, 5.74) is 1.35. The molecule has 4 rings (SSSR count). The van der Waals surface area contributed by atoms with E-state index < -0.39 is 11.7 Å². The third-order valence-corrected chi connectivity index (χ3v) is 5.77. The van der Waals surface area contributed by atoms with E-state index in [1.807, 2.05) is 0 Å². The highest BCUT2D eigenvalue weighted by atomic mass is 19.1. The van der Waals surface area contributed by atoms with Gasteiger partial charge in [-0.05, 0) is 43.7 Å². The number of nitriles is 1. The van der Waals surface area contributed by atoms with Crippen LogP contribution in [0.5, 0.6) is 0 Å². The molecule has 0 aliphatic carbocycles. The van der Waals surface area contributed by atoms with Crippen molar-refractivity contribution in [2.45, 2.75) is 26.1 Å². The second-order valence-electron chi connectivity index (χ2n) is 8.80. The Hall–Kier alpha value is -3.92. The van der Waals surface area contributed by atoms with Gasteiger partial charge in [0.1, 0.15) is 5.82 Å². The number of carbonyl (C=O) groups excluding carboxylic acids is 1. The maximum atomic E-state index is 13.6. The van der Waals surface area contributed by atoms with Gasteiger partial charge >= 0.3 is 0 Å². The smallest absolute Gasteiger partial charge is 0.230 e. The Balaban J connectivity index is 1.59. The second-order valence-corrected chi connectivity index (χ2v) is 8.80. The normalized spacial score (nSPS) is 19.2. The summed E-state index contributed by atoms with van der Waals surface area (Å²) in [4.78, 5) is 29.2. The van der Waals surface area contributed by atoms with Gasteiger partial charge in [0.2, 0.25) is 18.1 Å². The maximum Gasteiger partial charge on any atom is 0.230 e. The lowest BCUT2D eigenvalue weighted by molar-refractivity contribution is -0.231. The standard InChI is InChI=1S/C25H28FN7O4/c1-25(23(35)28-11-3-13-34)14-36-22(37-15-25)21-32-19(16-4-6-17(26)7-5-16)20(33-21)18-8-12-30-24(31-18)29-10-2-9-27/h4-8,12,22,34H,2-3,10-11,13-15H2,1H3,(H,28,35)(H,32,33)(H,29,30,31). The zero-order valence-electron chi connectivity index (χ0n) is 20.3. The van der Waals surface area contributed by atoms with Crippen molar-refractivity contribution >= 4 is 11.9 Å². The number of H-pyrrole nitrogens is 1. The average Bonchev–Trinajstić information content (AvgIpc) is 3.35. The molecular weight excluding hydrogens is 481 g/mol. The molecule has 4 N–H and O–H groups in total. The number of nitrogens with one attached hydrogen (secondary N) is 3. The highest BCUT2D eigenvalue weighted by Gasteiger charge is 2.40. The number of rotatable bonds is 10. The van der Waals surface area contributed by atoms with Crippen molar-refractivity contribution in [3.8, 4) is 28.7 Å². The summed E-state index contributed by atoms with van der Waals surface area (Å²) >= 11 is 0. The summed E-state index contributed by atoms with van der Waals surface area (Å²) in [6, 6.07) is 9.68. The number of halogens is 1. The van der Waals surface area contributed by atoms with Crippen molar-refractivity contribution in [3.63, 3.8) is 0 Å². The minimum atomic E-state index is -0.891. The molecule has 3 aromatic rings. The van der Waals surface area contributed by atoms with Crippen molar-refractivity contribution in [1.82, 2.24) is 25.3 Å². The third-order valence-electron chi connectivity index (χ3n) is 5.77. The van der Waals surface area contributed by atoms with E-state index >= 15 is 0 Å². The van der Waals surface area contributed by atoms with E-state index in [0.29, 0.717) is 60.3 Å². The monoisotopic (exact) mass is 509 g/mol. The molecule has 12 heteroatoms. The number of ether oxygens (including phenoxy) is 2. The summed E-state index contributed by atoms with van der Waals surface area (Å²) in [6.45, 7) is 2.71. The lowest BCUT2D eigenvalue weighted by Crippen LogP contribution is -2.48. The van der Waals surface area contributed by atoms with Gasteiger partial charge in [-0.15, -0.1) is 0 Å². The topological polar surface area (TPSA) is 158 Å². The van der Waals surface area contributed by atoms with Gasteiger partial charge in [-0.1, -0.05) is 0 Å². The number of hydrogen-bond acceptors (Lipinski definition) is 9. The predicted molar refractivity (Wildman–Crippen MR) is 131 cm³/mol. The number of aromatic amines is 1.